The monoisotopic (exact) mass is 701 g/mol. The molecular formula is C32H30BrCl2N3O4S. The number of anilines is 1. The number of benzene rings is 4. The first-order valence-corrected chi connectivity index (χ1v) is 16.5. The van der Waals surface area contributed by atoms with Gasteiger partial charge in [0.05, 0.1) is 15.6 Å². The second-order valence-corrected chi connectivity index (χ2v) is 13.3. The normalized spacial score (nSPS) is 11.9. The van der Waals surface area contributed by atoms with E-state index in [0.29, 0.717) is 11.6 Å². The van der Waals surface area contributed by atoms with Crippen LogP contribution < -0.4 is 9.62 Å². The van der Waals surface area contributed by atoms with Crippen molar-refractivity contribution < 1.29 is 18.0 Å². The minimum atomic E-state index is -4.26. The van der Waals surface area contributed by atoms with Crippen molar-refractivity contribution in [2.75, 3.05) is 17.4 Å². The summed E-state index contributed by atoms with van der Waals surface area (Å²) in [5.74, 6) is -0.931. The topological polar surface area (TPSA) is 86.8 Å². The first-order valence-electron chi connectivity index (χ1n) is 13.5. The highest BCUT2D eigenvalue weighted by Crippen LogP contribution is 2.33. The van der Waals surface area contributed by atoms with Crippen LogP contribution in [0.4, 0.5) is 5.69 Å². The molecule has 0 heterocycles. The van der Waals surface area contributed by atoms with Gasteiger partial charge in [-0.05, 0) is 60.5 Å². The van der Waals surface area contributed by atoms with Crippen molar-refractivity contribution in [2.24, 2.45) is 0 Å². The summed E-state index contributed by atoms with van der Waals surface area (Å²) in [6.45, 7) is 1.61. The molecule has 4 aromatic rings. The number of hydrogen-bond donors (Lipinski definition) is 1. The van der Waals surface area contributed by atoms with E-state index < -0.39 is 28.5 Å². The summed E-state index contributed by atoms with van der Waals surface area (Å²) in [4.78, 5) is 29.3. The average Bonchev–Trinajstić information content (AvgIpc) is 3.00. The summed E-state index contributed by atoms with van der Waals surface area (Å²) in [6, 6.07) is 28.0. The maximum Gasteiger partial charge on any atom is 0.264 e. The number of hydrogen-bond acceptors (Lipinski definition) is 4. The fourth-order valence-electron chi connectivity index (χ4n) is 4.55. The molecule has 7 nitrogen and oxygen atoms in total. The molecule has 0 aliphatic rings. The number of rotatable bonds is 12. The van der Waals surface area contributed by atoms with Gasteiger partial charge in [0.15, 0.2) is 0 Å². The molecule has 1 N–H and O–H groups in total. The predicted molar refractivity (Wildman–Crippen MR) is 175 cm³/mol. The van der Waals surface area contributed by atoms with Crippen LogP contribution in [-0.2, 0) is 32.6 Å². The highest BCUT2D eigenvalue weighted by atomic mass is 79.9. The Bertz CT molecular complexity index is 1660. The van der Waals surface area contributed by atoms with Crippen LogP contribution in [0.5, 0.6) is 0 Å². The van der Waals surface area contributed by atoms with Gasteiger partial charge in [-0.25, -0.2) is 8.42 Å². The van der Waals surface area contributed by atoms with Crippen LogP contribution in [-0.4, -0.2) is 44.3 Å². The quantitative estimate of drug-likeness (QED) is 0.178. The SMILES string of the molecule is CCNC(=O)[C@H](Cc1ccccc1)N(Cc1ccc(Br)cc1)C(=O)CN(c1ccc(Cl)cc1Cl)S(=O)(=O)c1ccccc1. The number of carbonyl (C=O) groups is 2. The van der Waals surface area contributed by atoms with Crippen LogP contribution in [0.25, 0.3) is 0 Å². The molecule has 2 amide bonds. The molecule has 1 atom stereocenters. The van der Waals surface area contributed by atoms with E-state index in [2.05, 4.69) is 21.2 Å². The van der Waals surface area contributed by atoms with Crippen molar-refractivity contribution in [3.05, 3.63) is 129 Å². The first kappa shape index (κ1) is 32.5. The number of nitrogens with one attached hydrogen (secondary N) is 1. The third-order valence-corrected chi connectivity index (χ3v) is 9.52. The number of amides is 2. The molecular weight excluding hydrogens is 673 g/mol. The van der Waals surface area contributed by atoms with Gasteiger partial charge in [-0.1, -0.05) is 99.8 Å². The van der Waals surface area contributed by atoms with Crippen LogP contribution in [0.1, 0.15) is 18.1 Å². The van der Waals surface area contributed by atoms with E-state index in [-0.39, 0.29) is 34.5 Å². The second-order valence-electron chi connectivity index (χ2n) is 9.67. The lowest BCUT2D eigenvalue weighted by Crippen LogP contribution is -2.53. The van der Waals surface area contributed by atoms with Crippen molar-refractivity contribution in [3.63, 3.8) is 0 Å². The van der Waals surface area contributed by atoms with Gasteiger partial charge >= 0.3 is 0 Å². The Morgan fingerprint density at radius 1 is 0.860 bits per heavy atom. The van der Waals surface area contributed by atoms with Crippen LogP contribution in [0.2, 0.25) is 10.0 Å². The van der Waals surface area contributed by atoms with Crippen LogP contribution in [0.15, 0.2) is 112 Å². The molecule has 11 heteroatoms. The zero-order valence-electron chi connectivity index (χ0n) is 23.3. The summed E-state index contributed by atoms with van der Waals surface area (Å²) in [5.41, 5.74) is 1.70. The summed E-state index contributed by atoms with van der Waals surface area (Å²) < 4.78 is 29.8. The number of carbonyl (C=O) groups excluding carboxylic acids is 2. The smallest absolute Gasteiger partial charge is 0.264 e. The van der Waals surface area contributed by atoms with E-state index >= 15 is 0 Å². The Balaban J connectivity index is 1.81. The largest absolute Gasteiger partial charge is 0.355 e. The van der Waals surface area contributed by atoms with Gasteiger partial charge < -0.3 is 10.2 Å². The van der Waals surface area contributed by atoms with Crippen LogP contribution >= 0.6 is 39.1 Å². The highest BCUT2D eigenvalue weighted by molar-refractivity contribution is 9.10. The maximum absolute atomic E-state index is 14.4. The fraction of sp³-hybridized carbons (Fsp3) is 0.188. The molecule has 0 fully saturated rings. The Kier molecular flexibility index (Phi) is 11.3. The average molecular weight is 703 g/mol. The molecule has 4 rings (SSSR count). The molecule has 0 spiro atoms. The molecule has 0 aliphatic carbocycles. The third kappa shape index (κ3) is 8.38. The van der Waals surface area contributed by atoms with E-state index in [1.165, 1.54) is 35.2 Å². The lowest BCUT2D eigenvalue weighted by atomic mass is 10.0. The van der Waals surface area contributed by atoms with Crippen LogP contribution in [0, 0.1) is 0 Å². The lowest BCUT2D eigenvalue weighted by Gasteiger charge is -2.34. The molecule has 43 heavy (non-hydrogen) atoms. The zero-order chi connectivity index (χ0) is 31.0. The van der Waals surface area contributed by atoms with Crippen molar-refractivity contribution in [3.8, 4) is 0 Å². The minimum Gasteiger partial charge on any atom is -0.355 e. The number of sulfonamides is 1. The molecule has 0 aliphatic heterocycles. The standard InChI is InChI=1S/C32H30BrCl2N3O4S/c1-2-36-32(40)30(19-23-9-5-3-6-10-23)37(21-24-13-15-25(33)16-14-24)31(39)22-38(29-18-17-26(34)20-28(29)35)43(41,42)27-11-7-4-8-12-27/h3-18,20,30H,2,19,21-22H2,1H3,(H,36,40)/t30-/m0/s1. The first-order chi connectivity index (χ1) is 20.6. The number of halogens is 3. The van der Waals surface area contributed by atoms with Crippen molar-refractivity contribution >= 4 is 66.7 Å². The van der Waals surface area contributed by atoms with Crippen molar-refractivity contribution in [1.29, 1.82) is 0 Å². The molecule has 0 saturated carbocycles. The van der Waals surface area contributed by atoms with E-state index in [1.54, 1.807) is 25.1 Å². The third-order valence-electron chi connectivity index (χ3n) is 6.68. The molecule has 0 saturated heterocycles. The van der Waals surface area contributed by atoms with Gasteiger partial charge in [0.2, 0.25) is 11.8 Å². The van der Waals surface area contributed by atoms with Gasteiger partial charge in [0.1, 0.15) is 12.6 Å². The summed E-state index contributed by atoms with van der Waals surface area (Å²) in [7, 11) is -4.26. The number of nitrogens with zero attached hydrogens (tertiary/aromatic N) is 2. The Morgan fingerprint density at radius 2 is 1.49 bits per heavy atom. The Hall–Kier alpha value is -3.37. The van der Waals surface area contributed by atoms with Gasteiger partial charge in [-0.3, -0.25) is 13.9 Å². The summed E-state index contributed by atoms with van der Waals surface area (Å²) in [6.07, 6.45) is 0.224. The Morgan fingerprint density at radius 3 is 2.09 bits per heavy atom. The fourth-order valence-corrected chi connectivity index (χ4v) is 6.83. The summed E-state index contributed by atoms with van der Waals surface area (Å²) in [5, 5.41) is 3.22. The molecule has 0 bridgehead atoms. The highest BCUT2D eigenvalue weighted by Gasteiger charge is 2.35. The summed E-state index contributed by atoms with van der Waals surface area (Å²) >= 11 is 16.1. The van der Waals surface area contributed by atoms with Gasteiger partial charge in [0.25, 0.3) is 10.0 Å². The predicted octanol–water partition coefficient (Wildman–Crippen LogP) is 6.73. The van der Waals surface area contributed by atoms with E-state index in [9.17, 15) is 18.0 Å². The molecule has 4 aromatic carbocycles. The van der Waals surface area contributed by atoms with Crippen LogP contribution in [0.3, 0.4) is 0 Å². The van der Waals surface area contributed by atoms with Gasteiger partial charge in [-0.15, -0.1) is 0 Å². The van der Waals surface area contributed by atoms with Gasteiger partial charge in [-0.2, -0.15) is 0 Å². The lowest BCUT2D eigenvalue weighted by molar-refractivity contribution is -0.140. The Labute approximate surface area is 270 Å². The van der Waals surface area contributed by atoms with Crippen molar-refractivity contribution in [1.82, 2.24) is 10.2 Å². The van der Waals surface area contributed by atoms with Crippen molar-refractivity contribution in [2.45, 2.75) is 30.8 Å². The molecule has 0 unspecified atom stereocenters. The second kappa shape index (κ2) is 14.9. The zero-order valence-corrected chi connectivity index (χ0v) is 27.2. The van der Waals surface area contributed by atoms with E-state index in [0.717, 1.165) is 19.9 Å². The van der Waals surface area contributed by atoms with Gasteiger partial charge in [0, 0.05) is 29.0 Å². The maximum atomic E-state index is 14.4. The molecule has 0 radical (unpaired) electrons. The molecule has 224 valence electrons. The molecule has 0 aromatic heterocycles. The number of likely N-dealkylation sites (N-methyl/N-ethyl adjacent to an activating group) is 1. The van der Waals surface area contributed by atoms with E-state index in [1.807, 2.05) is 54.6 Å². The van der Waals surface area contributed by atoms with E-state index in [4.69, 9.17) is 23.2 Å². The minimum absolute atomic E-state index is 0.0159.